The molecule has 8 heteroatoms. The lowest BCUT2D eigenvalue weighted by molar-refractivity contribution is -0.147. The van der Waals surface area contributed by atoms with Gasteiger partial charge in [-0.2, -0.15) is 0 Å². The van der Waals surface area contributed by atoms with Crippen molar-refractivity contribution in [2.75, 3.05) is 19.2 Å². The molecule has 1 aliphatic heterocycles. The second kappa shape index (κ2) is 7.41. The first-order valence-corrected chi connectivity index (χ1v) is 11.2. The molecule has 3 aliphatic rings. The predicted molar refractivity (Wildman–Crippen MR) is 119 cm³/mol. The fraction of sp³-hybridized carbons (Fsp3) is 0.348. The Balaban J connectivity index is 1.48. The van der Waals surface area contributed by atoms with Gasteiger partial charge in [0, 0.05) is 9.90 Å². The van der Waals surface area contributed by atoms with Crippen LogP contribution in [0.4, 0.5) is 10.1 Å². The van der Waals surface area contributed by atoms with Gasteiger partial charge in [-0.15, -0.1) is 0 Å². The first kappa shape index (κ1) is 20.6. The maximum Gasteiger partial charge on any atom is 0.331 e. The van der Waals surface area contributed by atoms with Gasteiger partial charge >= 0.3 is 5.97 Å². The number of carbonyl (C=O) groups is 1. The summed E-state index contributed by atoms with van der Waals surface area (Å²) in [7, 11) is 1.35. The topological polar surface area (TPSA) is 56.8 Å². The van der Waals surface area contributed by atoms with E-state index < -0.39 is 17.3 Å². The molecule has 0 unspecified atom stereocenters. The Kier molecular flexibility index (Phi) is 4.94. The minimum Gasteiger partial charge on any atom is -0.467 e. The number of benzene rings is 2. The van der Waals surface area contributed by atoms with Crippen molar-refractivity contribution < 1.29 is 23.4 Å². The fourth-order valence-corrected chi connectivity index (χ4v) is 5.97. The molecule has 0 amide bonds. The monoisotopic (exact) mass is 507 g/mol. The van der Waals surface area contributed by atoms with Crippen LogP contribution in [0.3, 0.4) is 0 Å². The van der Waals surface area contributed by atoms with E-state index in [-0.39, 0.29) is 22.9 Å². The van der Waals surface area contributed by atoms with Crippen LogP contribution in [-0.2, 0) is 14.9 Å². The second-order valence-electron chi connectivity index (χ2n) is 8.17. The summed E-state index contributed by atoms with van der Waals surface area (Å²) in [5.74, 6) is 0.487. The Bertz CT molecular complexity index is 1110. The maximum atomic E-state index is 14.6. The average Bonchev–Trinajstić information content (AvgIpc) is 3.33. The number of anilines is 1. The van der Waals surface area contributed by atoms with E-state index in [9.17, 15) is 9.18 Å². The van der Waals surface area contributed by atoms with Crippen molar-refractivity contribution in [3.8, 4) is 11.5 Å². The second-order valence-corrected chi connectivity index (χ2v) is 9.43. The number of hydrogen-bond donors (Lipinski definition) is 1. The summed E-state index contributed by atoms with van der Waals surface area (Å²) in [6.45, 7) is 0.219. The van der Waals surface area contributed by atoms with E-state index >= 15 is 0 Å². The number of ether oxygens (including phenoxy) is 3. The quantitative estimate of drug-likeness (QED) is 0.532. The summed E-state index contributed by atoms with van der Waals surface area (Å²) in [5, 5.41) is 3.13. The predicted octanol–water partition coefficient (Wildman–Crippen LogP) is 5.79. The Morgan fingerprint density at radius 2 is 1.90 bits per heavy atom. The van der Waals surface area contributed by atoms with E-state index in [1.165, 1.54) is 13.2 Å². The van der Waals surface area contributed by atoms with Crippen LogP contribution in [0.25, 0.3) is 6.08 Å². The smallest absolute Gasteiger partial charge is 0.331 e. The van der Waals surface area contributed by atoms with E-state index in [0.717, 1.165) is 27.1 Å². The van der Waals surface area contributed by atoms with Gasteiger partial charge in [-0.3, -0.25) is 0 Å². The van der Waals surface area contributed by atoms with Crippen molar-refractivity contribution >= 4 is 45.3 Å². The highest BCUT2D eigenvalue weighted by molar-refractivity contribution is 9.11. The molecule has 0 bridgehead atoms. The number of rotatable bonds is 3. The fourth-order valence-electron chi connectivity index (χ4n) is 4.94. The van der Waals surface area contributed by atoms with Crippen molar-refractivity contribution in [1.29, 1.82) is 0 Å². The molecule has 1 heterocycles. The molecule has 5 rings (SSSR count). The van der Waals surface area contributed by atoms with Gasteiger partial charge in [0.25, 0.3) is 0 Å². The van der Waals surface area contributed by atoms with E-state index in [2.05, 4.69) is 27.3 Å². The maximum absolute atomic E-state index is 14.6. The van der Waals surface area contributed by atoms with Crippen LogP contribution in [0.1, 0.15) is 36.8 Å². The summed E-state index contributed by atoms with van der Waals surface area (Å²) >= 11 is 9.72. The van der Waals surface area contributed by atoms with Gasteiger partial charge < -0.3 is 19.5 Å². The number of carbonyl (C=O) groups excluding carboxylic acids is 1. The minimum absolute atomic E-state index is 0.00349. The van der Waals surface area contributed by atoms with Crippen molar-refractivity contribution in [2.45, 2.75) is 36.6 Å². The molecule has 2 aliphatic carbocycles. The molecule has 1 fully saturated rings. The van der Waals surface area contributed by atoms with E-state index in [1.54, 1.807) is 12.1 Å². The summed E-state index contributed by atoms with van der Waals surface area (Å²) < 4.78 is 31.9. The number of methoxy groups -OCH3 is 1. The molecule has 2 aromatic carbocycles. The standard InChI is InChI=1S/C23H20BrClFNO4/c1-29-21(28)23(27-16-4-2-3-15(25)20(16)26)7-5-22(6-8-23)14-11-18-17(30-12-31-18)9-13(14)10-19(22)24/h2-4,9-11,27H,5-8,12H2,1H3. The highest BCUT2D eigenvalue weighted by Gasteiger charge is 2.52. The number of nitrogens with one attached hydrogen (secondary N) is 1. The van der Waals surface area contributed by atoms with Gasteiger partial charge in [-0.1, -0.05) is 33.6 Å². The molecule has 1 saturated carbocycles. The lowest BCUT2D eigenvalue weighted by Crippen LogP contribution is -2.52. The van der Waals surface area contributed by atoms with E-state index in [1.807, 2.05) is 12.1 Å². The molecule has 0 saturated heterocycles. The van der Waals surface area contributed by atoms with Gasteiger partial charge in [0.1, 0.15) is 5.54 Å². The molecule has 0 atom stereocenters. The van der Waals surface area contributed by atoms with Crippen molar-refractivity contribution in [1.82, 2.24) is 0 Å². The first-order valence-electron chi connectivity index (χ1n) is 10.0. The minimum atomic E-state index is -1.04. The Morgan fingerprint density at radius 3 is 2.61 bits per heavy atom. The third-order valence-electron chi connectivity index (χ3n) is 6.66. The zero-order valence-corrected chi connectivity index (χ0v) is 19.1. The average molecular weight is 509 g/mol. The largest absolute Gasteiger partial charge is 0.467 e. The Hall–Kier alpha value is -2.25. The van der Waals surface area contributed by atoms with Crippen LogP contribution in [0.15, 0.2) is 34.8 Å². The molecule has 0 aromatic heterocycles. The first-order chi connectivity index (χ1) is 14.9. The van der Waals surface area contributed by atoms with E-state index in [4.69, 9.17) is 25.8 Å². The van der Waals surface area contributed by atoms with Crippen molar-refractivity contribution in [2.24, 2.45) is 0 Å². The summed E-state index contributed by atoms with van der Waals surface area (Å²) in [6.07, 6.45) is 4.36. The Labute approximate surface area is 192 Å². The van der Waals surface area contributed by atoms with Crippen LogP contribution < -0.4 is 14.8 Å². The van der Waals surface area contributed by atoms with Crippen LogP contribution >= 0.6 is 27.5 Å². The molecule has 5 nitrogen and oxygen atoms in total. The van der Waals surface area contributed by atoms with Gasteiger partial charge in [0.2, 0.25) is 6.79 Å². The third-order valence-corrected chi connectivity index (χ3v) is 7.94. The van der Waals surface area contributed by atoms with Gasteiger partial charge in [0.05, 0.1) is 17.8 Å². The van der Waals surface area contributed by atoms with Crippen molar-refractivity contribution in [3.05, 3.63) is 56.8 Å². The van der Waals surface area contributed by atoms with Crippen LogP contribution in [0.2, 0.25) is 5.02 Å². The van der Waals surface area contributed by atoms with Crippen LogP contribution in [0, 0.1) is 5.82 Å². The molecule has 162 valence electrons. The molecule has 0 radical (unpaired) electrons. The van der Waals surface area contributed by atoms with Gasteiger partial charge in [0.15, 0.2) is 17.3 Å². The summed E-state index contributed by atoms with van der Waals surface area (Å²) in [6, 6.07) is 8.74. The zero-order chi connectivity index (χ0) is 21.8. The number of fused-ring (bicyclic) bond motifs is 3. The molecule has 1 spiro atoms. The molecule has 2 aromatic rings. The number of allylic oxidation sites excluding steroid dienone is 1. The molecular weight excluding hydrogens is 489 g/mol. The Morgan fingerprint density at radius 1 is 1.19 bits per heavy atom. The normalized spacial score (nSPS) is 25.9. The van der Waals surface area contributed by atoms with Gasteiger partial charge in [-0.05, 0) is 67.2 Å². The van der Waals surface area contributed by atoms with Gasteiger partial charge in [-0.25, -0.2) is 9.18 Å². The third kappa shape index (κ3) is 3.12. The number of hydrogen-bond acceptors (Lipinski definition) is 5. The highest BCUT2D eigenvalue weighted by Crippen LogP contribution is 2.57. The molecule has 31 heavy (non-hydrogen) atoms. The lowest BCUT2D eigenvalue weighted by Gasteiger charge is -2.45. The molecular formula is C23H20BrClFNO4. The lowest BCUT2D eigenvalue weighted by atomic mass is 9.65. The SMILES string of the molecule is COC(=O)C1(Nc2cccc(Cl)c2F)CCC2(CC1)C(Br)=Cc1cc3c(cc12)OCO3. The van der Waals surface area contributed by atoms with Crippen LogP contribution in [0.5, 0.6) is 11.5 Å². The van der Waals surface area contributed by atoms with E-state index in [0.29, 0.717) is 25.7 Å². The summed E-state index contributed by atoms with van der Waals surface area (Å²) in [5.41, 5.74) is 1.10. The summed E-state index contributed by atoms with van der Waals surface area (Å²) in [4.78, 5) is 12.9. The van der Waals surface area contributed by atoms with Crippen LogP contribution in [-0.4, -0.2) is 25.4 Å². The molecule has 1 N–H and O–H groups in total. The zero-order valence-electron chi connectivity index (χ0n) is 16.8. The number of esters is 1. The van der Waals surface area contributed by atoms with Crippen molar-refractivity contribution in [3.63, 3.8) is 0 Å². The number of halogens is 3. The highest BCUT2D eigenvalue weighted by atomic mass is 79.9.